The normalized spacial score (nSPS) is 17.2. The molecular weight excluding hydrogens is 468 g/mol. The molecule has 174 valence electrons. The van der Waals surface area contributed by atoms with E-state index in [-0.39, 0.29) is 12.0 Å². The molecule has 1 aliphatic rings. The van der Waals surface area contributed by atoms with Crippen LogP contribution in [-0.2, 0) is 9.47 Å². The van der Waals surface area contributed by atoms with Gasteiger partial charge in [-0.1, -0.05) is 5.92 Å². The summed E-state index contributed by atoms with van der Waals surface area (Å²) >= 11 is 5.22. The first-order chi connectivity index (χ1) is 17.6. The predicted octanol–water partition coefficient (Wildman–Crippen LogP) is -0.127. The summed E-state index contributed by atoms with van der Waals surface area (Å²) in [6.07, 6.45) is -0.369. The molecule has 1 saturated carbocycles. The van der Waals surface area contributed by atoms with Crippen molar-refractivity contribution in [3.8, 4) is 119 Å². The van der Waals surface area contributed by atoms with Gasteiger partial charge < -0.3 is 19.9 Å². The smallest absolute Gasteiger partial charge is 0.178 e. The Morgan fingerprint density at radius 1 is 0.778 bits per heavy atom. The molecule has 4 atom stereocenters. The molecule has 0 spiro atoms. The highest BCUT2D eigenvalue weighted by Gasteiger charge is 2.42. The fourth-order valence-electron chi connectivity index (χ4n) is 2.82. The Morgan fingerprint density at radius 2 is 1.22 bits per heavy atom. The average molecular weight is 489 g/mol. The van der Waals surface area contributed by atoms with Crippen LogP contribution >= 0.6 is 12.2 Å². The van der Waals surface area contributed by atoms with Crippen LogP contribution in [0.1, 0.15) is 13.3 Å². The standard InChI is InChI=1S/C30H20N2O3S/c1-4-5-6-7-8-9-10-11-12-13-14-15-16-17-18-19-20-21-22-23-31-30(36)32-27-24-26(25-34-2)28(33)29(27)35-3/h26-29,33H,24-25H2,1-3H3,(H2,31,32,36)/t26-,27-,28+,29?/m1/s1. The Labute approximate surface area is 219 Å². The van der Waals surface area contributed by atoms with Crippen LogP contribution in [-0.4, -0.2) is 49.3 Å². The molecule has 1 rings (SSSR count). The van der Waals surface area contributed by atoms with Crippen molar-refractivity contribution < 1.29 is 14.6 Å². The lowest BCUT2D eigenvalue weighted by Gasteiger charge is -2.22. The number of aliphatic hydroxyl groups excluding tert-OH is 1. The summed E-state index contributed by atoms with van der Waals surface area (Å²) in [5, 5.41) is 16.4. The van der Waals surface area contributed by atoms with E-state index in [0.29, 0.717) is 18.1 Å². The Morgan fingerprint density at radius 3 is 1.64 bits per heavy atom. The van der Waals surface area contributed by atoms with Gasteiger partial charge in [0.1, 0.15) is 6.10 Å². The van der Waals surface area contributed by atoms with E-state index < -0.39 is 12.2 Å². The summed E-state index contributed by atoms with van der Waals surface area (Å²) in [6, 6.07) is 2.46. The molecule has 0 aromatic heterocycles. The molecule has 0 aromatic rings. The monoisotopic (exact) mass is 488 g/mol. The second kappa shape index (κ2) is 19.6. The van der Waals surface area contributed by atoms with Crippen LogP contribution in [0.5, 0.6) is 0 Å². The molecule has 0 aromatic carbocycles. The quantitative estimate of drug-likeness (QED) is 0.291. The Hall–Kier alpha value is -4.83. The van der Waals surface area contributed by atoms with Crippen molar-refractivity contribution in [2.45, 2.75) is 31.6 Å². The number of rotatable bonds is 4. The molecule has 6 heteroatoms. The molecule has 0 saturated heterocycles. The van der Waals surface area contributed by atoms with Gasteiger partial charge >= 0.3 is 0 Å². The molecule has 1 aliphatic carbocycles. The minimum atomic E-state index is -0.634. The fourth-order valence-corrected chi connectivity index (χ4v) is 3.02. The highest BCUT2D eigenvalue weighted by molar-refractivity contribution is 7.80. The summed E-state index contributed by atoms with van der Waals surface area (Å²) in [4.78, 5) is 0. The Bertz CT molecular complexity index is 1440. The van der Waals surface area contributed by atoms with E-state index >= 15 is 0 Å². The third-order valence-corrected chi connectivity index (χ3v) is 4.39. The molecule has 1 unspecified atom stereocenters. The van der Waals surface area contributed by atoms with Crippen LogP contribution in [0.25, 0.3) is 0 Å². The number of hydrogen-bond acceptors (Lipinski definition) is 4. The first-order valence-electron chi connectivity index (χ1n) is 10.3. The van der Waals surface area contributed by atoms with Gasteiger partial charge in [0.15, 0.2) is 5.11 Å². The fraction of sp³-hybridized carbons (Fsp3) is 0.300. The number of thiocarbonyl (C=S) groups is 1. The topological polar surface area (TPSA) is 62.8 Å². The van der Waals surface area contributed by atoms with Crippen molar-refractivity contribution in [1.82, 2.24) is 10.6 Å². The van der Waals surface area contributed by atoms with Crippen molar-refractivity contribution in [3.05, 3.63) is 0 Å². The molecular formula is C30H20N2O3S. The lowest BCUT2D eigenvalue weighted by atomic mass is 10.1. The van der Waals surface area contributed by atoms with Gasteiger partial charge in [0.25, 0.3) is 0 Å². The van der Waals surface area contributed by atoms with Crippen molar-refractivity contribution in [2.75, 3.05) is 20.8 Å². The van der Waals surface area contributed by atoms with Crippen molar-refractivity contribution >= 4 is 17.3 Å². The molecule has 0 heterocycles. The SMILES string of the molecule is CC#CC#CC#CC#CC#CC#CC#CC#CC#CC#CNC(=S)N[C@@H]1C[C@H](COC)[C@H](O)C1OC. The van der Waals surface area contributed by atoms with E-state index in [1.54, 1.807) is 21.1 Å². The summed E-state index contributed by atoms with van der Waals surface area (Å²) in [5.41, 5.74) is 0. The van der Waals surface area contributed by atoms with Gasteiger partial charge in [-0.25, -0.2) is 0 Å². The van der Waals surface area contributed by atoms with Gasteiger partial charge in [0.2, 0.25) is 0 Å². The zero-order valence-electron chi connectivity index (χ0n) is 19.9. The second-order valence-electron chi connectivity index (χ2n) is 6.47. The van der Waals surface area contributed by atoms with Crippen molar-refractivity contribution in [3.63, 3.8) is 0 Å². The zero-order valence-corrected chi connectivity index (χ0v) is 20.7. The molecule has 3 N–H and O–H groups in total. The first kappa shape index (κ1) is 29.2. The van der Waals surface area contributed by atoms with Gasteiger partial charge in [-0.15, -0.1) is 0 Å². The van der Waals surface area contributed by atoms with Gasteiger partial charge in [-0.3, -0.25) is 5.32 Å². The third kappa shape index (κ3) is 13.0. The summed E-state index contributed by atoms with van der Waals surface area (Å²) in [6.45, 7) is 2.14. The van der Waals surface area contributed by atoms with E-state index in [4.69, 9.17) is 21.7 Å². The van der Waals surface area contributed by atoms with Crippen LogP contribution in [0.15, 0.2) is 0 Å². The molecule has 5 nitrogen and oxygen atoms in total. The van der Waals surface area contributed by atoms with Crippen molar-refractivity contribution in [1.29, 1.82) is 0 Å². The van der Waals surface area contributed by atoms with Crippen LogP contribution in [0.4, 0.5) is 0 Å². The number of ether oxygens (including phenoxy) is 2. The molecule has 0 bridgehead atoms. The van der Waals surface area contributed by atoms with E-state index in [2.05, 4.69) is 129 Å². The Kier molecular flexibility index (Phi) is 15.9. The van der Waals surface area contributed by atoms with Crippen LogP contribution in [0.2, 0.25) is 0 Å². The van der Waals surface area contributed by atoms with Crippen LogP contribution in [0.3, 0.4) is 0 Å². The minimum absolute atomic E-state index is 0.0325. The maximum absolute atomic E-state index is 10.3. The number of aliphatic hydroxyl groups is 1. The van der Waals surface area contributed by atoms with Gasteiger partial charge in [0.05, 0.1) is 18.8 Å². The molecule has 36 heavy (non-hydrogen) atoms. The molecule has 1 fully saturated rings. The lowest BCUT2D eigenvalue weighted by molar-refractivity contribution is -0.0273. The number of hydrogen-bond donors (Lipinski definition) is 3. The summed E-state index contributed by atoms with van der Waals surface area (Å²) in [7, 11) is 3.15. The van der Waals surface area contributed by atoms with Crippen LogP contribution < -0.4 is 10.6 Å². The first-order valence-corrected chi connectivity index (χ1v) is 10.7. The maximum Gasteiger partial charge on any atom is 0.178 e. The van der Waals surface area contributed by atoms with Gasteiger partial charge in [-0.05, 0) is 72.9 Å². The van der Waals surface area contributed by atoms with Crippen LogP contribution in [0, 0.1) is 124 Å². The molecule has 0 radical (unpaired) electrons. The second-order valence-corrected chi connectivity index (χ2v) is 6.88. The van der Waals surface area contributed by atoms with E-state index in [1.807, 2.05) is 0 Å². The number of nitrogens with one attached hydrogen (secondary N) is 2. The largest absolute Gasteiger partial charge is 0.390 e. The molecule has 0 amide bonds. The van der Waals surface area contributed by atoms with E-state index in [9.17, 15) is 5.11 Å². The summed E-state index contributed by atoms with van der Waals surface area (Å²) < 4.78 is 10.5. The van der Waals surface area contributed by atoms with E-state index in [0.717, 1.165) is 0 Å². The lowest BCUT2D eigenvalue weighted by Crippen LogP contribution is -2.46. The van der Waals surface area contributed by atoms with E-state index in [1.165, 1.54) is 0 Å². The number of methoxy groups -OCH3 is 2. The summed E-state index contributed by atoms with van der Waals surface area (Å²) in [5.74, 6) is 48.1. The van der Waals surface area contributed by atoms with Gasteiger partial charge in [-0.2, -0.15) is 0 Å². The zero-order chi connectivity index (χ0) is 26.3. The average Bonchev–Trinajstić information content (AvgIpc) is 3.16. The maximum atomic E-state index is 10.3. The predicted molar refractivity (Wildman–Crippen MR) is 143 cm³/mol. The third-order valence-electron chi connectivity index (χ3n) is 4.17. The minimum Gasteiger partial charge on any atom is -0.390 e. The van der Waals surface area contributed by atoms with Gasteiger partial charge in [0, 0.05) is 85.4 Å². The molecule has 0 aliphatic heterocycles. The highest BCUT2D eigenvalue weighted by Crippen LogP contribution is 2.28. The highest BCUT2D eigenvalue weighted by atomic mass is 32.1. The Balaban J connectivity index is 2.42. The van der Waals surface area contributed by atoms with Crippen molar-refractivity contribution in [2.24, 2.45) is 5.92 Å².